The van der Waals surface area contributed by atoms with Crippen LogP contribution in [0.5, 0.6) is 11.5 Å². The van der Waals surface area contributed by atoms with Crippen molar-refractivity contribution in [1.82, 2.24) is 14.5 Å². The number of rotatable bonds is 6. The minimum absolute atomic E-state index is 0.0664. The Kier molecular flexibility index (Phi) is 6.00. The Morgan fingerprint density at radius 3 is 2.42 bits per heavy atom. The van der Waals surface area contributed by atoms with Gasteiger partial charge in [0.25, 0.3) is 5.56 Å². The third-order valence-corrected chi connectivity index (χ3v) is 3.90. The summed E-state index contributed by atoms with van der Waals surface area (Å²) in [5, 5.41) is 2.65. The minimum atomic E-state index is -0.442. The Morgan fingerprint density at radius 2 is 1.77 bits per heavy atom. The molecule has 0 unspecified atom stereocenters. The zero-order chi connectivity index (χ0) is 19.3. The monoisotopic (exact) mass is 359 g/mol. The van der Waals surface area contributed by atoms with Gasteiger partial charge in [-0.3, -0.25) is 18.7 Å². The lowest BCUT2D eigenvalue weighted by Crippen LogP contribution is -2.39. The van der Waals surface area contributed by atoms with Crippen molar-refractivity contribution in [2.45, 2.75) is 6.54 Å². The summed E-state index contributed by atoms with van der Waals surface area (Å²) < 4.78 is 12.7. The standard InChI is InChI=1S/C18H21N3O5/c1-20-13(10-17(23)21(2)18(20)24)11-19-16(22)8-6-12-5-7-14(25-3)15(9-12)26-4/h5-10H,11H2,1-4H3,(H,19,22). The smallest absolute Gasteiger partial charge is 0.330 e. The van der Waals surface area contributed by atoms with Gasteiger partial charge in [-0.1, -0.05) is 6.07 Å². The molecule has 8 nitrogen and oxygen atoms in total. The fourth-order valence-corrected chi connectivity index (χ4v) is 2.31. The first kappa shape index (κ1) is 19.0. The number of benzene rings is 1. The molecular formula is C18H21N3O5. The van der Waals surface area contributed by atoms with E-state index < -0.39 is 11.2 Å². The summed E-state index contributed by atoms with van der Waals surface area (Å²) in [5.41, 5.74) is 0.325. The topological polar surface area (TPSA) is 91.6 Å². The molecule has 138 valence electrons. The van der Waals surface area contributed by atoms with Gasteiger partial charge in [0, 0.05) is 31.9 Å². The van der Waals surface area contributed by atoms with E-state index in [1.807, 2.05) is 0 Å². The van der Waals surface area contributed by atoms with E-state index in [1.54, 1.807) is 38.4 Å². The molecule has 0 fully saturated rings. The van der Waals surface area contributed by atoms with E-state index in [-0.39, 0.29) is 12.5 Å². The fourth-order valence-electron chi connectivity index (χ4n) is 2.31. The van der Waals surface area contributed by atoms with Gasteiger partial charge >= 0.3 is 5.69 Å². The Hall–Kier alpha value is -3.29. The predicted octanol–water partition coefficient (Wildman–Crippen LogP) is 0.431. The highest BCUT2D eigenvalue weighted by molar-refractivity contribution is 5.91. The van der Waals surface area contributed by atoms with E-state index in [9.17, 15) is 14.4 Å². The second-order valence-electron chi connectivity index (χ2n) is 5.54. The summed E-state index contributed by atoms with van der Waals surface area (Å²) in [6, 6.07) is 6.59. The summed E-state index contributed by atoms with van der Waals surface area (Å²) >= 11 is 0. The van der Waals surface area contributed by atoms with Crippen LogP contribution in [0.1, 0.15) is 11.3 Å². The first-order valence-corrected chi connectivity index (χ1v) is 7.81. The third-order valence-electron chi connectivity index (χ3n) is 3.90. The fraction of sp³-hybridized carbons (Fsp3) is 0.278. The second-order valence-corrected chi connectivity index (χ2v) is 5.54. The van der Waals surface area contributed by atoms with Gasteiger partial charge in [-0.2, -0.15) is 0 Å². The number of nitrogens with zero attached hydrogens (tertiary/aromatic N) is 2. The number of hydrogen-bond donors (Lipinski definition) is 1. The maximum absolute atomic E-state index is 12.0. The predicted molar refractivity (Wildman–Crippen MR) is 97.4 cm³/mol. The third kappa shape index (κ3) is 4.21. The number of ether oxygens (including phenoxy) is 2. The average molecular weight is 359 g/mol. The average Bonchev–Trinajstić information content (AvgIpc) is 2.66. The molecule has 1 aromatic carbocycles. The van der Waals surface area contributed by atoms with Gasteiger partial charge in [-0.25, -0.2) is 4.79 Å². The SMILES string of the molecule is COc1ccc(C=CC(=O)NCc2cc(=O)n(C)c(=O)n2C)cc1OC. The number of carbonyl (C=O) groups excluding carboxylic acids is 1. The van der Waals surface area contributed by atoms with Crippen LogP contribution in [0.3, 0.4) is 0 Å². The van der Waals surface area contributed by atoms with Crippen molar-refractivity contribution in [1.29, 1.82) is 0 Å². The number of nitrogens with one attached hydrogen (secondary N) is 1. The molecule has 0 radical (unpaired) electrons. The van der Waals surface area contributed by atoms with Gasteiger partial charge in [-0.05, 0) is 23.8 Å². The van der Waals surface area contributed by atoms with Crippen LogP contribution in [0.2, 0.25) is 0 Å². The van der Waals surface area contributed by atoms with Crippen LogP contribution in [-0.4, -0.2) is 29.3 Å². The van der Waals surface area contributed by atoms with Gasteiger partial charge in [0.05, 0.1) is 20.8 Å². The zero-order valence-corrected chi connectivity index (χ0v) is 15.1. The van der Waals surface area contributed by atoms with Crippen molar-refractivity contribution in [3.63, 3.8) is 0 Å². The number of hydrogen-bond acceptors (Lipinski definition) is 5. The van der Waals surface area contributed by atoms with Crippen LogP contribution in [0.4, 0.5) is 0 Å². The van der Waals surface area contributed by atoms with Crippen molar-refractivity contribution >= 4 is 12.0 Å². The molecule has 2 rings (SSSR count). The van der Waals surface area contributed by atoms with Crippen LogP contribution in [0.25, 0.3) is 6.08 Å². The van der Waals surface area contributed by atoms with Crippen LogP contribution in [0.15, 0.2) is 39.9 Å². The Bertz CT molecular complexity index is 956. The first-order chi connectivity index (χ1) is 12.4. The van der Waals surface area contributed by atoms with Crippen LogP contribution < -0.4 is 26.0 Å². The molecule has 0 aliphatic heterocycles. The number of carbonyl (C=O) groups is 1. The molecule has 1 amide bonds. The maximum atomic E-state index is 12.0. The van der Waals surface area contributed by atoms with E-state index in [2.05, 4.69) is 5.32 Å². The van der Waals surface area contributed by atoms with Crippen LogP contribution in [-0.2, 0) is 25.4 Å². The highest BCUT2D eigenvalue weighted by Gasteiger charge is 2.07. The van der Waals surface area contributed by atoms with Crippen molar-refractivity contribution in [2.75, 3.05) is 14.2 Å². The molecule has 0 spiro atoms. The highest BCUT2D eigenvalue weighted by Crippen LogP contribution is 2.27. The van der Waals surface area contributed by atoms with Gasteiger partial charge in [-0.15, -0.1) is 0 Å². The highest BCUT2D eigenvalue weighted by atomic mass is 16.5. The van der Waals surface area contributed by atoms with Crippen molar-refractivity contribution in [3.8, 4) is 11.5 Å². The zero-order valence-electron chi connectivity index (χ0n) is 15.1. The summed E-state index contributed by atoms with van der Waals surface area (Å²) in [6.07, 6.45) is 2.99. The van der Waals surface area contributed by atoms with Crippen molar-refractivity contribution in [3.05, 3.63) is 62.4 Å². The largest absolute Gasteiger partial charge is 0.493 e. The van der Waals surface area contributed by atoms with E-state index in [0.29, 0.717) is 17.2 Å². The van der Waals surface area contributed by atoms with Crippen LogP contribution >= 0.6 is 0 Å². The second kappa shape index (κ2) is 8.19. The Balaban J connectivity index is 2.07. The van der Waals surface area contributed by atoms with Gasteiger partial charge in [0.2, 0.25) is 5.91 Å². The molecule has 1 N–H and O–H groups in total. The lowest BCUT2D eigenvalue weighted by atomic mass is 10.2. The minimum Gasteiger partial charge on any atom is -0.493 e. The quantitative estimate of drug-likeness (QED) is 0.756. The van der Waals surface area contributed by atoms with Crippen molar-refractivity contribution < 1.29 is 14.3 Å². The molecule has 0 aliphatic carbocycles. The number of aromatic nitrogens is 2. The molecule has 1 aromatic heterocycles. The van der Waals surface area contributed by atoms with E-state index >= 15 is 0 Å². The Morgan fingerprint density at radius 1 is 1.08 bits per heavy atom. The Labute approximate surface area is 150 Å². The molecule has 0 aliphatic rings. The molecule has 1 heterocycles. The van der Waals surface area contributed by atoms with Crippen molar-refractivity contribution in [2.24, 2.45) is 14.1 Å². The number of methoxy groups -OCH3 is 2. The molecule has 2 aromatic rings. The summed E-state index contributed by atoms with van der Waals surface area (Å²) in [4.78, 5) is 35.5. The van der Waals surface area contributed by atoms with E-state index in [4.69, 9.17) is 9.47 Å². The summed E-state index contributed by atoms with van der Waals surface area (Å²) in [6.45, 7) is 0.0664. The molecule has 8 heteroatoms. The molecule has 26 heavy (non-hydrogen) atoms. The first-order valence-electron chi connectivity index (χ1n) is 7.81. The van der Waals surface area contributed by atoms with Gasteiger partial charge in [0.1, 0.15) is 0 Å². The lowest BCUT2D eigenvalue weighted by molar-refractivity contribution is -0.116. The molecule has 0 saturated heterocycles. The van der Waals surface area contributed by atoms with E-state index in [1.165, 1.54) is 30.9 Å². The number of amides is 1. The normalized spacial score (nSPS) is 10.8. The lowest BCUT2D eigenvalue weighted by Gasteiger charge is -2.09. The van der Waals surface area contributed by atoms with E-state index in [0.717, 1.165) is 10.1 Å². The molecule has 0 atom stereocenters. The maximum Gasteiger partial charge on any atom is 0.330 e. The summed E-state index contributed by atoms with van der Waals surface area (Å²) in [7, 11) is 6.03. The molecule has 0 saturated carbocycles. The van der Waals surface area contributed by atoms with Gasteiger partial charge in [0.15, 0.2) is 11.5 Å². The van der Waals surface area contributed by atoms with Gasteiger partial charge < -0.3 is 14.8 Å². The molecular weight excluding hydrogens is 338 g/mol. The summed E-state index contributed by atoms with van der Waals surface area (Å²) in [5.74, 6) is 0.804. The molecule has 0 bridgehead atoms. The van der Waals surface area contributed by atoms with Crippen LogP contribution in [0, 0.1) is 0 Å².